The number of unbranched alkanes of at least 4 members (excludes halogenated alkanes) is 1. The Hall–Kier alpha value is -1.09. The maximum absolute atomic E-state index is 11.8. The molecule has 1 aromatic heterocycles. The standard InChI is InChI=1S/C17H30N4O2.HI/c1-4-18-17(20-12-8-14-23-3)19-11-5-6-13-21-15(2)9-7-10-16(21)22;/h7,9-10H,4-6,8,11-14H2,1-3H3,(H2,18,19,20);1H. The summed E-state index contributed by atoms with van der Waals surface area (Å²) in [5.41, 5.74) is 1.09. The van der Waals surface area contributed by atoms with Gasteiger partial charge in [0, 0.05) is 51.7 Å². The molecule has 0 aliphatic rings. The van der Waals surface area contributed by atoms with Crippen LogP contribution in [0.4, 0.5) is 0 Å². The maximum Gasteiger partial charge on any atom is 0.250 e. The lowest BCUT2D eigenvalue weighted by Crippen LogP contribution is -2.38. The van der Waals surface area contributed by atoms with E-state index in [1.165, 1.54) is 0 Å². The first kappa shape index (κ1) is 22.9. The van der Waals surface area contributed by atoms with E-state index in [0.717, 1.165) is 63.7 Å². The number of guanidine groups is 1. The molecule has 2 N–H and O–H groups in total. The quantitative estimate of drug-likeness (QED) is 0.248. The highest BCUT2D eigenvalue weighted by molar-refractivity contribution is 14.0. The van der Waals surface area contributed by atoms with Gasteiger partial charge in [0.25, 0.3) is 5.56 Å². The van der Waals surface area contributed by atoms with Crippen LogP contribution in [0.25, 0.3) is 0 Å². The van der Waals surface area contributed by atoms with E-state index in [0.29, 0.717) is 0 Å². The molecule has 0 fully saturated rings. The number of aliphatic imine (C=N–C) groups is 1. The molecule has 0 radical (unpaired) electrons. The molecule has 138 valence electrons. The first-order valence-electron chi connectivity index (χ1n) is 8.36. The zero-order chi connectivity index (χ0) is 16.9. The topological polar surface area (TPSA) is 67.7 Å². The minimum absolute atomic E-state index is 0. The summed E-state index contributed by atoms with van der Waals surface area (Å²) in [7, 11) is 1.70. The highest BCUT2D eigenvalue weighted by Gasteiger charge is 2.00. The van der Waals surface area contributed by atoms with Gasteiger partial charge < -0.3 is 19.9 Å². The van der Waals surface area contributed by atoms with Gasteiger partial charge in [-0.3, -0.25) is 9.79 Å². The number of hydrogen-bond donors (Lipinski definition) is 2. The van der Waals surface area contributed by atoms with Crippen molar-refractivity contribution in [2.24, 2.45) is 4.99 Å². The summed E-state index contributed by atoms with van der Waals surface area (Å²) in [5.74, 6) is 0.844. The summed E-state index contributed by atoms with van der Waals surface area (Å²) < 4.78 is 6.84. The third kappa shape index (κ3) is 9.27. The summed E-state index contributed by atoms with van der Waals surface area (Å²) in [6, 6.07) is 5.38. The molecular weight excluding hydrogens is 419 g/mol. The van der Waals surface area contributed by atoms with E-state index in [2.05, 4.69) is 22.5 Å². The van der Waals surface area contributed by atoms with Gasteiger partial charge in [0.1, 0.15) is 0 Å². The number of aryl methyl sites for hydroxylation is 1. The summed E-state index contributed by atoms with van der Waals surface area (Å²) in [4.78, 5) is 16.3. The average Bonchev–Trinajstić information content (AvgIpc) is 2.53. The van der Waals surface area contributed by atoms with Crippen LogP contribution < -0.4 is 16.2 Å². The van der Waals surface area contributed by atoms with Gasteiger partial charge in [-0.2, -0.15) is 0 Å². The number of aromatic nitrogens is 1. The van der Waals surface area contributed by atoms with Crippen LogP contribution in [0.15, 0.2) is 28.0 Å². The largest absolute Gasteiger partial charge is 0.385 e. The van der Waals surface area contributed by atoms with Crippen LogP contribution in [0.2, 0.25) is 0 Å². The first-order valence-corrected chi connectivity index (χ1v) is 8.36. The van der Waals surface area contributed by atoms with Crippen LogP contribution in [-0.4, -0.2) is 43.9 Å². The molecule has 0 saturated heterocycles. The molecule has 0 spiro atoms. The van der Waals surface area contributed by atoms with Gasteiger partial charge in [-0.05, 0) is 39.2 Å². The molecule has 6 nitrogen and oxygen atoms in total. The second-order valence-corrected chi connectivity index (χ2v) is 5.40. The third-order valence-electron chi connectivity index (χ3n) is 3.49. The normalized spacial score (nSPS) is 11.0. The lowest BCUT2D eigenvalue weighted by molar-refractivity contribution is 0.197. The van der Waals surface area contributed by atoms with E-state index in [4.69, 9.17) is 4.74 Å². The van der Waals surface area contributed by atoms with Crippen molar-refractivity contribution in [1.29, 1.82) is 0 Å². The van der Waals surface area contributed by atoms with Crippen LogP contribution in [0.1, 0.15) is 31.9 Å². The zero-order valence-corrected chi connectivity index (χ0v) is 17.3. The molecule has 0 saturated carbocycles. The van der Waals surface area contributed by atoms with Gasteiger partial charge in [0.15, 0.2) is 5.96 Å². The van der Waals surface area contributed by atoms with Crippen molar-refractivity contribution in [1.82, 2.24) is 15.2 Å². The Morgan fingerprint density at radius 2 is 2.04 bits per heavy atom. The van der Waals surface area contributed by atoms with Crippen LogP contribution in [0, 0.1) is 6.92 Å². The van der Waals surface area contributed by atoms with Gasteiger partial charge in [0.05, 0.1) is 0 Å². The van der Waals surface area contributed by atoms with Crippen molar-refractivity contribution >= 4 is 29.9 Å². The molecule has 0 bridgehead atoms. The molecule has 0 unspecified atom stereocenters. The molecule has 0 aliphatic carbocycles. The van der Waals surface area contributed by atoms with Gasteiger partial charge >= 0.3 is 0 Å². The fourth-order valence-corrected chi connectivity index (χ4v) is 2.25. The third-order valence-corrected chi connectivity index (χ3v) is 3.49. The molecule has 0 amide bonds. The second kappa shape index (κ2) is 14.3. The number of hydrogen-bond acceptors (Lipinski definition) is 3. The minimum atomic E-state index is 0. The van der Waals surface area contributed by atoms with E-state index < -0.39 is 0 Å². The number of nitrogens with zero attached hydrogens (tertiary/aromatic N) is 2. The lowest BCUT2D eigenvalue weighted by atomic mass is 10.3. The molecule has 1 rings (SSSR count). The Balaban J connectivity index is 0.00000529. The number of methoxy groups -OCH3 is 1. The molecule has 1 aromatic rings. The fraction of sp³-hybridized carbons (Fsp3) is 0.647. The second-order valence-electron chi connectivity index (χ2n) is 5.40. The first-order chi connectivity index (χ1) is 11.2. The Bertz CT molecular complexity index is 532. The van der Waals surface area contributed by atoms with Crippen molar-refractivity contribution < 1.29 is 4.74 Å². The van der Waals surface area contributed by atoms with E-state index in [1.807, 2.05) is 17.6 Å². The summed E-state index contributed by atoms with van der Waals surface area (Å²) in [6.07, 6.45) is 2.87. The van der Waals surface area contributed by atoms with Gasteiger partial charge in [0.2, 0.25) is 0 Å². The number of pyridine rings is 1. The predicted molar refractivity (Wildman–Crippen MR) is 111 cm³/mol. The molecular formula is C17H31IN4O2. The van der Waals surface area contributed by atoms with Crippen molar-refractivity contribution in [3.63, 3.8) is 0 Å². The molecule has 0 atom stereocenters. The molecule has 24 heavy (non-hydrogen) atoms. The summed E-state index contributed by atoms with van der Waals surface area (Å²) in [6.45, 7) is 7.95. The van der Waals surface area contributed by atoms with Crippen molar-refractivity contribution in [3.8, 4) is 0 Å². The Morgan fingerprint density at radius 1 is 1.25 bits per heavy atom. The Morgan fingerprint density at radius 3 is 2.71 bits per heavy atom. The SMILES string of the molecule is CCNC(=NCCCOC)NCCCCn1c(C)cccc1=O.I. The Labute approximate surface area is 162 Å². The van der Waals surface area contributed by atoms with Crippen LogP contribution in [0.5, 0.6) is 0 Å². The van der Waals surface area contributed by atoms with E-state index in [9.17, 15) is 4.79 Å². The molecule has 1 heterocycles. The average molecular weight is 450 g/mol. The lowest BCUT2D eigenvalue weighted by Gasteiger charge is -2.12. The van der Waals surface area contributed by atoms with Crippen molar-refractivity contribution in [2.75, 3.05) is 33.4 Å². The number of halogens is 1. The summed E-state index contributed by atoms with van der Waals surface area (Å²) in [5, 5.41) is 6.55. The van der Waals surface area contributed by atoms with E-state index in [1.54, 1.807) is 19.2 Å². The maximum atomic E-state index is 11.8. The summed E-state index contributed by atoms with van der Waals surface area (Å²) >= 11 is 0. The monoisotopic (exact) mass is 450 g/mol. The number of nitrogens with one attached hydrogen (secondary N) is 2. The zero-order valence-electron chi connectivity index (χ0n) is 15.0. The van der Waals surface area contributed by atoms with Gasteiger partial charge in [-0.15, -0.1) is 24.0 Å². The van der Waals surface area contributed by atoms with Crippen LogP contribution >= 0.6 is 24.0 Å². The van der Waals surface area contributed by atoms with E-state index in [-0.39, 0.29) is 29.5 Å². The number of rotatable bonds is 10. The highest BCUT2D eigenvalue weighted by atomic mass is 127. The minimum Gasteiger partial charge on any atom is -0.385 e. The van der Waals surface area contributed by atoms with Gasteiger partial charge in [-0.1, -0.05) is 6.07 Å². The smallest absolute Gasteiger partial charge is 0.250 e. The van der Waals surface area contributed by atoms with Gasteiger partial charge in [-0.25, -0.2) is 0 Å². The van der Waals surface area contributed by atoms with Crippen molar-refractivity contribution in [2.45, 2.75) is 39.7 Å². The molecule has 0 aromatic carbocycles. The molecule has 7 heteroatoms. The van der Waals surface area contributed by atoms with Crippen LogP contribution in [-0.2, 0) is 11.3 Å². The van der Waals surface area contributed by atoms with E-state index >= 15 is 0 Å². The Kier molecular flexibility index (Phi) is 13.6. The molecule has 0 aliphatic heterocycles. The van der Waals surface area contributed by atoms with Crippen LogP contribution in [0.3, 0.4) is 0 Å². The fourth-order valence-electron chi connectivity index (χ4n) is 2.25. The highest BCUT2D eigenvalue weighted by Crippen LogP contribution is 1.97. The number of ether oxygens (including phenoxy) is 1. The van der Waals surface area contributed by atoms with Crippen molar-refractivity contribution in [3.05, 3.63) is 34.2 Å². The predicted octanol–water partition coefficient (Wildman–Crippen LogP) is 2.15.